The van der Waals surface area contributed by atoms with Crippen LogP contribution in [0.2, 0.25) is 0 Å². The Hall–Kier alpha value is -4.31. The average molecular weight is 457 g/mol. The molecule has 1 atom stereocenters. The molecular weight excluding hydrogens is 434 g/mol. The van der Waals surface area contributed by atoms with E-state index < -0.39 is 6.04 Å². The summed E-state index contributed by atoms with van der Waals surface area (Å²) in [6, 6.07) is 14.7. The normalized spacial score (nSPS) is 13.6. The fourth-order valence-electron chi connectivity index (χ4n) is 3.83. The zero-order chi connectivity index (χ0) is 23.5. The minimum absolute atomic E-state index is 0.0642. The Morgan fingerprint density at radius 3 is 2.76 bits per heavy atom. The second-order valence-corrected chi connectivity index (χ2v) is 7.90. The summed E-state index contributed by atoms with van der Waals surface area (Å²) in [4.78, 5) is 25.4. The standard InChI is InChI=1S/C24H23N7O3/c1-14-27-23(34-31-14)19-12-26-24(28-17-7-8-18-16(11-17)9-10-25-22(18)33)30-21(19)29-20(13-32)15-5-3-2-4-6-15/h2-8,11-12,20,32H,9-10,13H2,1H3,(H,25,33)(H2,26,28,29,30)/t20-/m1/s1. The summed E-state index contributed by atoms with van der Waals surface area (Å²) >= 11 is 0. The van der Waals surface area contributed by atoms with E-state index in [-0.39, 0.29) is 18.4 Å². The van der Waals surface area contributed by atoms with Gasteiger partial charge in [0.05, 0.1) is 12.6 Å². The molecule has 1 aliphatic heterocycles. The van der Waals surface area contributed by atoms with E-state index in [1.54, 1.807) is 19.2 Å². The second-order valence-electron chi connectivity index (χ2n) is 7.90. The van der Waals surface area contributed by atoms with Crippen LogP contribution in [0.15, 0.2) is 59.3 Å². The molecule has 1 amide bonds. The fraction of sp³-hybridized carbons (Fsp3) is 0.208. The molecule has 5 rings (SSSR count). The Morgan fingerprint density at radius 2 is 2.00 bits per heavy atom. The predicted molar refractivity (Wildman–Crippen MR) is 126 cm³/mol. The third-order valence-electron chi connectivity index (χ3n) is 5.53. The number of aromatic nitrogens is 4. The third kappa shape index (κ3) is 4.44. The first-order chi connectivity index (χ1) is 16.6. The first kappa shape index (κ1) is 21.5. The van der Waals surface area contributed by atoms with Crippen molar-refractivity contribution in [3.05, 3.63) is 77.2 Å². The Bertz CT molecular complexity index is 1320. The minimum atomic E-state index is -0.408. The van der Waals surface area contributed by atoms with E-state index in [1.165, 1.54) is 0 Å². The highest BCUT2D eigenvalue weighted by Crippen LogP contribution is 2.30. The highest BCUT2D eigenvalue weighted by Gasteiger charge is 2.20. The van der Waals surface area contributed by atoms with Crippen molar-refractivity contribution in [1.82, 2.24) is 25.4 Å². The van der Waals surface area contributed by atoms with Gasteiger partial charge in [-0.05, 0) is 42.7 Å². The predicted octanol–water partition coefficient (Wildman–Crippen LogP) is 3.01. The van der Waals surface area contributed by atoms with E-state index in [1.807, 2.05) is 42.5 Å². The molecule has 4 aromatic rings. The molecule has 1 aliphatic rings. The smallest absolute Gasteiger partial charge is 0.263 e. The van der Waals surface area contributed by atoms with Crippen LogP contribution in [0.5, 0.6) is 0 Å². The molecule has 0 aliphatic carbocycles. The summed E-state index contributed by atoms with van der Waals surface area (Å²) in [7, 11) is 0. The van der Waals surface area contributed by atoms with Gasteiger partial charge in [-0.1, -0.05) is 35.5 Å². The Morgan fingerprint density at radius 1 is 1.15 bits per heavy atom. The van der Waals surface area contributed by atoms with E-state index in [4.69, 9.17) is 4.52 Å². The number of anilines is 3. The van der Waals surface area contributed by atoms with Crippen molar-refractivity contribution in [2.75, 3.05) is 23.8 Å². The molecule has 4 N–H and O–H groups in total. The van der Waals surface area contributed by atoms with Crippen LogP contribution in [-0.2, 0) is 6.42 Å². The molecule has 0 spiro atoms. The van der Waals surface area contributed by atoms with Crippen LogP contribution in [0.3, 0.4) is 0 Å². The van der Waals surface area contributed by atoms with Gasteiger partial charge in [-0.15, -0.1) is 0 Å². The van der Waals surface area contributed by atoms with Gasteiger partial charge >= 0.3 is 0 Å². The van der Waals surface area contributed by atoms with E-state index in [2.05, 4.69) is 36.1 Å². The number of carbonyl (C=O) groups excluding carboxylic acids is 1. The van der Waals surface area contributed by atoms with Gasteiger partial charge in [-0.3, -0.25) is 4.79 Å². The molecule has 0 saturated carbocycles. The summed E-state index contributed by atoms with van der Waals surface area (Å²) in [5, 5.41) is 23.2. The molecule has 2 aromatic heterocycles. The highest BCUT2D eigenvalue weighted by molar-refractivity contribution is 5.97. The number of fused-ring (bicyclic) bond motifs is 1. The number of hydrogen-bond donors (Lipinski definition) is 4. The maximum atomic E-state index is 12.0. The number of aliphatic hydroxyl groups is 1. The Labute approximate surface area is 195 Å². The Balaban J connectivity index is 1.48. The van der Waals surface area contributed by atoms with Crippen LogP contribution in [-0.4, -0.2) is 44.3 Å². The van der Waals surface area contributed by atoms with Gasteiger partial charge in [0, 0.05) is 24.0 Å². The van der Waals surface area contributed by atoms with Crippen molar-refractivity contribution < 1.29 is 14.4 Å². The van der Waals surface area contributed by atoms with E-state index in [0.717, 1.165) is 23.2 Å². The molecule has 0 bridgehead atoms. The van der Waals surface area contributed by atoms with Gasteiger partial charge in [0.1, 0.15) is 11.4 Å². The lowest BCUT2D eigenvalue weighted by Crippen LogP contribution is -2.31. The summed E-state index contributed by atoms with van der Waals surface area (Å²) in [6.07, 6.45) is 2.35. The molecular formula is C24H23N7O3. The number of rotatable bonds is 7. The van der Waals surface area contributed by atoms with Crippen molar-refractivity contribution in [2.45, 2.75) is 19.4 Å². The summed E-state index contributed by atoms with van der Waals surface area (Å²) < 4.78 is 5.34. The Kier molecular flexibility index (Phi) is 5.88. The third-order valence-corrected chi connectivity index (χ3v) is 5.53. The van der Waals surface area contributed by atoms with Crippen LogP contribution in [0.4, 0.5) is 17.5 Å². The molecule has 34 heavy (non-hydrogen) atoms. The number of benzene rings is 2. The number of nitrogens with one attached hydrogen (secondary N) is 3. The number of hydrogen-bond acceptors (Lipinski definition) is 9. The largest absolute Gasteiger partial charge is 0.394 e. The SMILES string of the molecule is Cc1noc(-c2cnc(Nc3ccc4c(c3)CCNC4=O)nc2N[C@H](CO)c2ccccc2)n1. The lowest BCUT2D eigenvalue weighted by atomic mass is 10.00. The number of carbonyl (C=O) groups is 1. The monoisotopic (exact) mass is 457 g/mol. The molecule has 0 radical (unpaired) electrons. The summed E-state index contributed by atoms with van der Waals surface area (Å²) in [6.45, 7) is 2.19. The van der Waals surface area contributed by atoms with Gasteiger partial charge in [0.2, 0.25) is 5.95 Å². The van der Waals surface area contributed by atoms with Crippen LogP contribution < -0.4 is 16.0 Å². The van der Waals surface area contributed by atoms with E-state index >= 15 is 0 Å². The topological polar surface area (TPSA) is 138 Å². The van der Waals surface area contributed by atoms with Crippen LogP contribution >= 0.6 is 0 Å². The molecule has 10 nitrogen and oxygen atoms in total. The first-order valence-electron chi connectivity index (χ1n) is 10.9. The van der Waals surface area contributed by atoms with Crippen molar-refractivity contribution in [2.24, 2.45) is 0 Å². The zero-order valence-corrected chi connectivity index (χ0v) is 18.4. The number of aliphatic hydroxyl groups excluding tert-OH is 1. The minimum Gasteiger partial charge on any atom is -0.394 e. The zero-order valence-electron chi connectivity index (χ0n) is 18.4. The number of nitrogens with zero attached hydrogens (tertiary/aromatic N) is 4. The number of aryl methyl sites for hydroxylation is 1. The van der Waals surface area contributed by atoms with Gasteiger partial charge in [0.25, 0.3) is 11.8 Å². The molecule has 0 unspecified atom stereocenters. The van der Waals surface area contributed by atoms with Gasteiger partial charge < -0.3 is 25.6 Å². The maximum absolute atomic E-state index is 12.0. The maximum Gasteiger partial charge on any atom is 0.263 e. The van der Waals surface area contributed by atoms with Crippen molar-refractivity contribution in [3.8, 4) is 11.5 Å². The molecule has 3 heterocycles. The van der Waals surface area contributed by atoms with E-state index in [0.29, 0.717) is 35.3 Å². The van der Waals surface area contributed by atoms with E-state index in [9.17, 15) is 9.90 Å². The van der Waals surface area contributed by atoms with Gasteiger partial charge in [-0.25, -0.2) is 4.98 Å². The quantitative estimate of drug-likeness (QED) is 0.330. The second kappa shape index (κ2) is 9.28. The fourth-order valence-corrected chi connectivity index (χ4v) is 3.83. The first-order valence-corrected chi connectivity index (χ1v) is 10.9. The number of amides is 1. The summed E-state index contributed by atoms with van der Waals surface area (Å²) in [5.74, 6) is 1.47. The van der Waals surface area contributed by atoms with Crippen molar-refractivity contribution >= 4 is 23.4 Å². The average Bonchev–Trinajstić information content (AvgIpc) is 3.29. The van der Waals surface area contributed by atoms with Crippen molar-refractivity contribution in [3.63, 3.8) is 0 Å². The van der Waals surface area contributed by atoms with Crippen LogP contribution in [0, 0.1) is 6.92 Å². The lowest BCUT2D eigenvalue weighted by molar-refractivity contribution is 0.0946. The lowest BCUT2D eigenvalue weighted by Gasteiger charge is -2.20. The van der Waals surface area contributed by atoms with Gasteiger partial charge in [0.15, 0.2) is 5.82 Å². The molecule has 0 fully saturated rings. The highest BCUT2D eigenvalue weighted by atomic mass is 16.5. The molecule has 2 aromatic carbocycles. The summed E-state index contributed by atoms with van der Waals surface area (Å²) in [5.41, 5.74) is 3.83. The molecule has 0 saturated heterocycles. The van der Waals surface area contributed by atoms with Crippen LogP contribution in [0.25, 0.3) is 11.5 Å². The molecule has 172 valence electrons. The van der Waals surface area contributed by atoms with Gasteiger partial charge in [-0.2, -0.15) is 9.97 Å². The van der Waals surface area contributed by atoms with Crippen molar-refractivity contribution in [1.29, 1.82) is 0 Å². The van der Waals surface area contributed by atoms with Crippen LogP contribution in [0.1, 0.15) is 33.4 Å². The molecule has 10 heteroatoms.